The number of amides is 1. The van der Waals surface area contributed by atoms with E-state index in [1.165, 1.54) is 6.33 Å². The standard InChI is InChI=1S/C17H26N6O.ClH/c1-12-14(13(2)23-16(22-12)20-11-21-23)4-5-15(24)19-10-17(3)6-8-18-9-7-17;/h11,18H,4-10H2,1-3H3,(H,19,24);1H. The molecule has 0 unspecified atom stereocenters. The van der Waals surface area contributed by atoms with Crippen LogP contribution in [0.25, 0.3) is 5.78 Å². The Labute approximate surface area is 154 Å². The normalized spacial score (nSPS) is 16.4. The topological polar surface area (TPSA) is 84.2 Å². The first kappa shape index (κ1) is 19.6. The van der Waals surface area contributed by atoms with Crippen LogP contribution in [0.15, 0.2) is 6.33 Å². The summed E-state index contributed by atoms with van der Waals surface area (Å²) in [7, 11) is 0. The maximum Gasteiger partial charge on any atom is 0.252 e. The van der Waals surface area contributed by atoms with Crippen LogP contribution in [0.1, 0.15) is 43.1 Å². The van der Waals surface area contributed by atoms with Crippen LogP contribution in [0.3, 0.4) is 0 Å². The number of carbonyl (C=O) groups is 1. The zero-order valence-electron chi connectivity index (χ0n) is 15.1. The van der Waals surface area contributed by atoms with E-state index in [9.17, 15) is 4.79 Å². The molecule has 138 valence electrons. The van der Waals surface area contributed by atoms with Crippen LogP contribution in [0.4, 0.5) is 0 Å². The van der Waals surface area contributed by atoms with Gasteiger partial charge in [-0.2, -0.15) is 10.1 Å². The number of halogens is 1. The monoisotopic (exact) mass is 366 g/mol. The van der Waals surface area contributed by atoms with E-state index in [2.05, 4.69) is 32.6 Å². The average Bonchev–Trinajstić information content (AvgIpc) is 3.02. The summed E-state index contributed by atoms with van der Waals surface area (Å²) >= 11 is 0. The summed E-state index contributed by atoms with van der Waals surface area (Å²) < 4.78 is 1.73. The second kappa shape index (κ2) is 8.10. The molecule has 2 aromatic rings. The van der Waals surface area contributed by atoms with Gasteiger partial charge in [0.05, 0.1) is 0 Å². The van der Waals surface area contributed by atoms with Crippen LogP contribution in [0, 0.1) is 19.3 Å². The quantitative estimate of drug-likeness (QED) is 0.839. The summed E-state index contributed by atoms with van der Waals surface area (Å²) in [6.07, 6.45) is 4.87. The second-order valence-electron chi connectivity index (χ2n) is 7.07. The number of nitrogens with one attached hydrogen (secondary N) is 2. The predicted molar refractivity (Wildman–Crippen MR) is 99.0 cm³/mol. The van der Waals surface area contributed by atoms with Crippen molar-refractivity contribution in [3.05, 3.63) is 23.3 Å². The molecule has 2 aromatic heterocycles. The number of hydrogen-bond donors (Lipinski definition) is 2. The summed E-state index contributed by atoms with van der Waals surface area (Å²) in [6, 6.07) is 0. The van der Waals surface area contributed by atoms with Gasteiger partial charge in [-0.25, -0.2) is 9.50 Å². The Morgan fingerprint density at radius 1 is 1.36 bits per heavy atom. The Morgan fingerprint density at radius 3 is 2.80 bits per heavy atom. The lowest BCUT2D eigenvalue weighted by Crippen LogP contribution is -2.42. The Balaban J connectivity index is 0.00000225. The molecule has 1 saturated heterocycles. The molecule has 7 nitrogen and oxygen atoms in total. The van der Waals surface area contributed by atoms with Gasteiger partial charge in [-0.15, -0.1) is 12.4 Å². The maximum absolute atomic E-state index is 12.3. The largest absolute Gasteiger partial charge is 0.356 e. The zero-order valence-corrected chi connectivity index (χ0v) is 15.9. The zero-order chi connectivity index (χ0) is 17.2. The van der Waals surface area contributed by atoms with Gasteiger partial charge in [-0.05, 0) is 57.2 Å². The molecule has 25 heavy (non-hydrogen) atoms. The number of carbonyl (C=O) groups excluding carboxylic acids is 1. The minimum atomic E-state index is 0. The summed E-state index contributed by atoms with van der Waals surface area (Å²) in [6.45, 7) is 9.05. The third-order valence-electron chi connectivity index (χ3n) is 5.11. The van der Waals surface area contributed by atoms with E-state index in [1.807, 2.05) is 13.8 Å². The molecular formula is C17H27ClN6O. The number of piperidine rings is 1. The molecule has 1 aliphatic rings. The smallest absolute Gasteiger partial charge is 0.252 e. The molecule has 0 aromatic carbocycles. The van der Waals surface area contributed by atoms with Gasteiger partial charge in [0.25, 0.3) is 5.78 Å². The fourth-order valence-electron chi connectivity index (χ4n) is 3.36. The third kappa shape index (κ3) is 4.46. The molecule has 0 bridgehead atoms. The van der Waals surface area contributed by atoms with E-state index in [0.717, 1.165) is 49.4 Å². The van der Waals surface area contributed by atoms with Crippen LogP contribution < -0.4 is 10.6 Å². The van der Waals surface area contributed by atoms with Crippen molar-refractivity contribution in [1.82, 2.24) is 30.2 Å². The van der Waals surface area contributed by atoms with Crippen molar-refractivity contribution in [3.8, 4) is 0 Å². The second-order valence-corrected chi connectivity index (χ2v) is 7.07. The van der Waals surface area contributed by atoms with Crippen LogP contribution in [0.2, 0.25) is 0 Å². The maximum atomic E-state index is 12.3. The van der Waals surface area contributed by atoms with E-state index in [-0.39, 0.29) is 23.7 Å². The van der Waals surface area contributed by atoms with Crippen molar-refractivity contribution < 1.29 is 4.79 Å². The predicted octanol–water partition coefficient (Wildman–Crippen LogP) is 1.60. The molecule has 1 fully saturated rings. The van der Waals surface area contributed by atoms with E-state index in [0.29, 0.717) is 18.6 Å². The fourth-order valence-corrected chi connectivity index (χ4v) is 3.36. The summed E-state index contributed by atoms with van der Waals surface area (Å²) in [4.78, 5) is 20.8. The number of hydrogen-bond acceptors (Lipinski definition) is 5. The first-order chi connectivity index (χ1) is 11.5. The molecule has 3 heterocycles. The fraction of sp³-hybridized carbons (Fsp3) is 0.647. The Hall–Kier alpha value is -1.73. The summed E-state index contributed by atoms with van der Waals surface area (Å²) in [5.74, 6) is 0.712. The van der Waals surface area contributed by atoms with Crippen LogP contribution in [-0.4, -0.2) is 45.1 Å². The van der Waals surface area contributed by atoms with Crippen LogP contribution in [-0.2, 0) is 11.2 Å². The van der Waals surface area contributed by atoms with Gasteiger partial charge in [-0.3, -0.25) is 4.79 Å². The number of fused-ring (bicyclic) bond motifs is 1. The van der Waals surface area contributed by atoms with E-state index < -0.39 is 0 Å². The average molecular weight is 367 g/mol. The number of aryl methyl sites for hydroxylation is 2. The number of nitrogens with zero attached hydrogens (tertiary/aromatic N) is 4. The molecule has 1 amide bonds. The molecule has 0 spiro atoms. The molecule has 0 saturated carbocycles. The van der Waals surface area contributed by atoms with Gasteiger partial charge in [0, 0.05) is 24.4 Å². The molecular weight excluding hydrogens is 340 g/mol. The Kier molecular flexibility index (Phi) is 6.35. The Morgan fingerprint density at radius 2 is 2.08 bits per heavy atom. The van der Waals surface area contributed by atoms with Crippen LogP contribution >= 0.6 is 12.4 Å². The van der Waals surface area contributed by atoms with Crippen molar-refractivity contribution in [1.29, 1.82) is 0 Å². The number of rotatable bonds is 5. The van der Waals surface area contributed by atoms with E-state index in [1.54, 1.807) is 4.52 Å². The summed E-state index contributed by atoms with van der Waals surface area (Å²) in [5.41, 5.74) is 3.23. The van der Waals surface area contributed by atoms with Gasteiger partial charge in [0.15, 0.2) is 0 Å². The molecule has 0 atom stereocenters. The van der Waals surface area contributed by atoms with Crippen molar-refractivity contribution in [2.45, 2.75) is 46.5 Å². The highest BCUT2D eigenvalue weighted by Gasteiger charge is 2.27. The summed E-state index contributed by atoms with van der Waals surface area (Å²) in [5, 5.41) is 10.7. The van der Waals surface area contributed by atoms with E-state index in [4.69, 9.17) is 0 Å². The van der Waals surface area contributed by atoms with E-state index >= 15 is 0 Å². The molecule has 2 N–H and O–H groups in total. The SMILES string of the molecule is Cc1nc2ncnn2c(C)c1CCC(=O)NCC1(C)CCNCC1.Cl. The molecule has 3 rings (SSSR count). The van der Waals surface area contributed by atoms with Gasteiger partial charge in [0.2, 0.25) is 5.91 Å². The van der Waals surface area contributed by atoms with Gasteiger partial charge >= 0.3 is 0 Å². The van der Waals surface area contributed by atoms with Gasteiger partial charge in [-0.1, -0.05) is 6.92 Å². The van der Waals surface area contributed by atoms with Crippen molar-refractivity contribution in [3.63, 3.8) is 0 Å². The minimum Gasteiger partial charge on any atom is -0.356 e. The molecule has 0 radical (unpaired) electrons. The molecule has 1 aliphatic heterocycles. The highest BCUT2D eigenvalue weighted by Crippen LogP contribution is 2.26. The van der Waals surface area contributed by atoms with Crippen molar-refractivity contribution in [2.24, 2.45) is 5.41 Å². The minimum absolute atomic E-state index is 0. The lowest BCUT2D eigenvalue weighted by molar-refractivity contribution is -0.121. The van der Waals surface area contributed by atoms with Crippen molar-refractivity contribution in [2.75, 3.05) is 19.6 Å². The third-order valence-corrected chi connectivity index (χ3v) is 5.11. The number of aromatic nitrogens is 4. The van der Waals surface area contributed by atoms with Crippen LogP contribution in [0.5, 0.6) is 0 Å². The van der Waals surface area contributed by atoms with Gasteiger partial charge in [0.1, 0.15) is 6.33 Å². The highest BCUT2D eigenvalue weighted by molar-refractivity contribution is 5.85. The van der Waals surface area contributed by atoms with Gasteiger partial charge < -0.3 is 10.6 Å². The highest BCUT2D eigenvalue weighted by atomic mass is 35.5. The molecule has 0 aliphatic carbocycles. The first-order valence-electron chi connectivity index (χ1n) is 8.62. The lowest BCUT2D eigenvalue weighted by atomic mass is 9.81. The molecule has 8 heteroatoms. The Bertz CT molecular complexity index is 738. The lowest BCUT2D eigenvalue weighted by Gasteiger charge is -2.34. The van der Waals surface area contributed by atoms with Crippen molar-refractivity contribution >= 4 is 24.1 Å². The first-order valence-corrected chi connectivity index (χ1v) is 8.62.